The van der Waals surface area contributed by atoms with Crippen LogP contribution in [-0.4, -0.2) is 61.3 Å². The number of urea groups is 1. The van der Waals surface area contributed by atoms with E-state index in [1.807, 2.05) is 11.0 Å². The van der Waals surface area contributed by atoms with Crippen molar-refractivity contribution in [2.45, 2.75) is 38.3 Å². The number of ether oxygens (including phenoxy) is 1. The van der Waals surface area contributed by atoms with Crippen LogP contribution in [-0.2, 0) is 4.74 Å². The van der Waals surface area contributed by atoms with Gasteiger partial charge in [0, 0.05) is 37.1 Å². The van der Waals surface area contributed by atoms with Crippen LogP contribution in [0.3, 0.4) is 0 Å². The SMILES string of the molecule is CC[C@@H](NC(=O)N1CCC(N2CCOCC2)CC1)c1cccs1. The van der Waals surface area contributed by atoms with Crippen molar-refractivity contribution in [3.05, 3.63) is 22.4 Å². The molecule has 1 N–H and O–H groups in total. The Balaban J connectivity index is 1.48. The quantitative estimate of drug-likeness (QED) is 0.919. The zero-order valence-corrected chi connectivity index (χ0v) is 14.7. The molecule has 0 spiro atoms. The monoisotopic (exact) mass is 337 g/mol. The number of thiophene rings is 1. The molecule has 0 radical (unpaired) electrons. The van der Waals surface area contributed by atoms with E-state index in [4.69, 9.17) is 4.74 Å². The minimum absolute atomic E-state index is 0.0886. The van der Waals surface area contributed by atoms with Gasteiger partial charge in [-0.05, 0) is 30.7 Å². The van der Waals surface area contributed by atoms with Gasteiger partial charge in [0.1, 0.15) is 0 Å². The highest BCUT2D eigenvalue weighted by Crippen LogP contribution is 2.23. The average molecular weight is 337 g/mol. The second-order valence-electron chi connectivity index (χ2n) is 6.29. The molecule has 0 bridgehead atoms. The van der Waals surface area contributed by atoms with Crippen LogP contribution in [0.4, 0.5) is 4.79 Å². The predicted octanol–water partition coefficient (Wildman–Crippen LogP) is 2.71. The molecule has 2 aliphatic rings. The van der Waals surface area contributed by atoms with E-state index in [-0.39, 0.29) is 12.1 Å². The summed E-state index contributed by atoms with van der Waals surface area (Å²) in [5.41, 5.74) is 0. The van der Waals surface area contributed by atoms with E-state index in [1.54, 1.807) is 11.3 Å². The molecule has 0 aromatic carbocycles. The van der Waals surface area contributed by atoms with E-state index in [9.17, 15) is 4.79 Å². The summed E-state index contributed by atoms with van der Waals surface area (Å²) >= 11 is 1.71. The Bertz CT molecular complexity index is 480. The number of piperidine rings is 1. The zero-order chi connectivity index (χ0) is 16.1. The maximum Gasteiger partial charge on any atom is 0.317 e. The molecule has 3 rings (SSSR count). The topological polar surface area (TPSA) is 44.8 Å². The van der Waals surface area contributed by atoms with E-state index < -0.39 is 0 Å². The van der Waals surface area contributed by atoms with Crippen LogP contribution in [0.5, 0.6) is 0 Å². The molecule has 2 aliphatic heterocycles. The van der Waals surface area contributed by atoms with Crippen molar-refractivity contribution in [1.29, 1.82) is 0 Å². The molecule has 2 amide bonds. The van der Waals surface area contributed by atoms with E-state index in [1.165, 1.54) is 4.88 Å². The molecule has 3 heterocycles. The lowest BCUT2D eigenvalue weighted by Crippen LogP contribution is -2.52. The first-order valence-corrected chi connectivity index (χ1v) is 9.56. The summed E-state index contributed by atoms with van der Waals surface area (Å²) in [5.74, 6) is 0. The van der Waals surface area contributed by atoms with Crippen molar-refractivity contribution in [2.75, 3.05) is 39.4 Å². The highest BCUT2D eigenvalue weighted by atomic mass is 32.1. The Labute approximate surface area is 142 Å². The molecule has 6 heteroatoms. The summed E-state index contributed by atoms with van der Waals surface area (Å²) in [6.07, 6.45) is 3.07. The number of morpholine rings is 1. The van der Waals surface area contributed by atoms with Gasteiger partial charge in [-0.1, -0.05) is 13.0 Å². The summed E-state index contributed by atoms with van der Waals surface area (Å²) in [4.78, 5) is 18.3. The molecule has 23 heavy (non-hydrogen) atoms. The Hall–Kier alpha value is -1.11. The Morgan fingerprint density at radius 2 is 2.09 bits per heavy atom. The molecule has 2 saturated heterocycles. The predicted molar refractivity (Wildman–Crippen MR) is 92.9 cm³/mol. The molecular formula is C17H27N3O2S. The first-order valence-electron chi connectivity index (χ1n) is 8.68. The summed E-state index contributed by atoms with van der Waals surface area (Å²) in [7, 11) is 0. The van der Waals surface area contributed by atoms with Crippen LogP contribution in [0, 0.1) is 0 Å². The number of hydrogen-bond acceptors (Lipinski definition) is 4. The summed E-state index contributed by atoms with van der Waals surface area (Å²) in [6.45, 7) is 7.60. The van der Waals surface area contributed by atoms with Crippen molar-refractivity contribution < 1.29 is 9.53 Å². The van der Waals surface area contributed by atoms with Gasteiger partial charge in [0.05, 0.1) is 19.3 Å². The van der Waals surface area contributed by atoms with Crippen molar-refractivity contribution in [3.8, 4) is 0 Å². The van der Waals surface area contributed by atoms with Crippen LogP contribution in [0.1, 0.15) is 37.1 Å². The number of nitrogens with one attached hydrogen (secondary N) is 1. The number of hydrogen-bond donors (Lipinski definition) is 1. The van der Waals surface area contributed by atoms with Gasteiger partial charge in [-0.2, -0.15) is 0 Å². The van der Waals surface area contributed by atoms with Crippen molar-refractivity contribution in [2.24, 2.45) is 0 Å². The van der Waals surface area contributed by atoms with Crippen molar-refractivity contribution >= 4 is 17.4 Å². The third-order valence-electron chi connectivity index (χ3n) is 4.91. The van der Waals surface area contributed by atoms with Crippen LogP contribution < -0.4 is 5.32 Å². The van der Waals surface area contributed by atoms with Gasteiger partial charge in [-0.3, -0.25) is 4.90 Å². The van der Waals surface area contributed by atoms with Gasteiger partial charge in [-0.25, -0.2) is 4.79 Å². The molecule has 128 valence electrons. The van der Waals surface area contributed by atoms with E-state index in [0.717, 1.165) is 58.7 Å². The summed E-state index contributed by atoms with van der Waals surface area (Å²) < 4.78 is 5.43. The molecular weight excluding hydrogens is 310 g/mol. The molecule has 0 saturated carbocycles. The fraction of sp³-hybridized carbons (Fsp3) is 0.706. The molecule has 0 unspecified atom stereocenters. The number of likely N-dealkylation sites (tertiary alicyclic amines) is 1. The molecule has 1 atom stereocenters. The minimum Gasteiger partial charge on any atom is -0.379 e. The molecule has 0 aliphatic carbocycles. The number of rotatable bonds is 4. The van der Waals surface area contributed by atoms with Gasteiger partial charge in [0.15, 0.2) is 0 Å². The van der Waals surface area contributed by atoms with Crippen LogP contribution >= 0.6 is 11.3 Å². The van der Waals surface area contributed by atoms with E-state index in [2.05, 4.69) is 28.6 Å². The Morgan fingerprint density at radius 3 is 2.70 bits per heavy atom. The van der Waals surface area contributed by atoms with Crippen molar-refractivity contribution in [1.82, 2.24) is 15.1 Å². The Morgan fingerprint density at radius 1 is 1.35 bits per heavy atom. The van der Waals surface area contributed by atoms with Gasteiger partial charge < -0.3 is 15.0 Å². The van der Waals surface area contributed by atoms with Crippen molar-refractivity contribution in [3.63, 3.8) is 0 Å². The van der Waals surface area contributed by atoms with Crippen LogP contribution in [0.2, 0.25) is 0 Å². The van der Waals surface area contributed by atoms with E-state index in [0.29, 0.717) is 6.04 Å². The largest absolute Gasteiger partial charge is 0.379 e. The first kappa shape index (κ1) is 16.7. The average Bonchev–Trinajstić information content (AvgIpc) is 3.15. The lowest BCUT2D eigenvalue weighted by molar-refractivity contribution is 0.00373. The van der Waals surface area contributed by atoms with Gasteiger partial charge >= 0.3 is 6.03 Å². The fourth-order valence-corrected chi connectivity index (χ4v) is 4.34. The summed E-state index contributed by atoms with van der Waals surface area (Å²) in [5, 5.41) is 5.26. The number of amides is 2. The second kappa shape index (κ2) is 8.13. The van der Waals surface area contributed by atoms with Crippen LogP contribution in [0.25, 0.3) is 0 Å². The fourth-order valence-electron chi connectivity index (χ4n) is 3.48. The molecule has 5 nitrogen and oxygen atoms in total. The first-order chi connectivity index (χ1) is 11.3. The lowest BCUT2D eigenvalue weighted by atomic mass is 10.0. The van der Waals surface area contributed by atoms with Gasteiger partial charge in [0.2, 0.25) is 0 Å². The third-order valence-corrected chi connectivity index (χ3v) is 5.89. The number of nitrogens with zero attached hydrogens (tertiary/aromatic N) is 2. The third kappa shape index (κ3) is 4.25. The smallest absolute Gasteiger partial charge is 0.317 e. The number of carbonyl (C=O) groups is 1. The standard InChI is InChI=1S/C17H27N3O2S/c1-2-15(16-4-3-13-23-16)18-17(21)20-7-5-14(6-8-20)19-9-11-22-12-10-19/h3-4,13-15H,2,5-12H2,1H3,(H,18,21)/t15-/m1/s1. The van der Waals surface area contributed by atoms with E-state index >= 15 is 0 Å². The molecule has 1 aromatic rings. The lowest BCUT2D eigenvalue weighted by Gasteiger charge is -2.40. The highest BCUT2D eigenvalue weighted by Gasteiger charge is 2.28. The number of carbonyl (C=O) groups excluding carboxylic acids is 1. The maximum atomic E-state index is 12.5. The highest BCUT2D eigenvalue weighted by molar-refractivity contribution is 7.10. The Kier molecular flexibility index (Phi) is 5.91. The normalized spacial score (nSPS) is 22.0. The maximum absolute atomic E-state index is 12.5. The zero-order valence-electron chi connectivity index (χ0n) is 13.9. The van der Waals surface area contributed by atoms with Gasteiger partial charge in [0.25, 0.3) is 0 Å². The molecule has 2 fully saturated rings. The van der Waals surface area contributed by atoms with Crippen LogP contribution in [0.15, 0.2) is 17.5 Å². The minimum atomic E-state index is 0.0886. The molecule has 1 aromatic heterocycles. The van der Waals surface area contributed by atoms with Gasteiger partial charge in [-0.15, -0.1) is 11.3 Å². The summed E-state index contributed by atoms with van der Waals surface area (Å²) in [6, 6.07) is 4.99. The second-order valence-corrected chi connectivity index (χ2v) is 7.27.